The molecule has 2 aliphatic heterocycles. The van der Waals surface area contributed by atoms with Crippen molar-refractivity contribution in [2.45, 2.75) is 0 Å². The fraction of sp³-hybridized carbons (Fsp3) is 0.0690. The lowest BCUT2D eigenvalue weighted by Crippen LogP contribution is -2.26. The number of hydrogen-bond acceptors (Lipinski definition) is 4. The third kappa shape index (κ3) is 4.35. The molecule has 6 rings (SSSR count). The van der Waals surface area contributed by atoms with E-state index in [-0.39, 0.29) is 19.1 Å². The van der Waals surface area contributed by atoms with Crippen molar-refractivity contribution >= 4 is 52.3 Å². The van der Waals surface area contributed by atoms with Gasteiger partial charge in [0.1, 0.15) is 0 Å². The van der Waals surface area contributed by atoms with Crippen LogP contribution in [0.4, 0.5) is 0 Å². The number of aliphatic hydroxyl groups excluding tert-OH is 1. The van der Waals surface area contributed by atoms with Gasteiger partial charge in [0.25, 0.3) is 5.91 Å². The van der Waals surface area contributed by atoms with Crippen LogP contribution in [0, 0.1) is 0 Å². The highest BCUT2D eigenvalue weighted by Crippen LogP contribution is 2.30. The number of rotatable bonds is 4. The highest BCUT2D eigenvalue weighted by Gasteiger charge is 2.12. The molecule has 2 aliphatic rings. The molecule has 0 unspecified atom stereocenters. The van der Waals surface area contributed by atoms with Crippen molar-refractivity contribution in [3.8, 4) is 11.1 Å². The van der Waals surface area contributed by atoms with Gasteiger partial charge in [-0.2, -0.15) is 0 Å². The van der Waals surface area contributed by atoms with Crippen LogP contribution < -0.4 is 5.32 Å². The topological polar surface area (TPSA) is 107 Å². The Kier molecular flexibility index (Phi) is 5.52. The number of carbonyl (C=O) groups excluding carboxylic acids is 1. The van der Waals surface area contributed by atoms with Crippen molar-refractivity contribution in [2.24, 2.45) is 0 Å². The monoisotopic (exact) mass is 473 g/mol. The van der Waals surface area contributed by atoms with E-state index in [9.17, 15) is 4.79 Å². The number of carbonyl (C=O) groups is 1. The predicted octanol–water partition coefficient (Wildman–Crippen LogP) is 5.04. The van der Waals surface area contributed by atoms with E-state index in [1.165, 1.54) is 0 Å². The first-order valence-corrected chi connectivity index (χ1v) is 11.7. The van der Waals surface area contributed by atoms with Crippen LogP contribution in [0.5, 0.6) is 0 Å². The largest absolute Gasteiger partial charge is 0.395 e. The van der Waals surface area contributed by atoms with Crippen molar-refractivity contribution in [1.29, 1.82) is 0 Å². The summed E-state index contributed by atoms with van der Waals surface area (Å²) in [6.45, 7) is 0.121. The second kappa shape index (κ2) is 9.13. The number of aromatic nitrogens is 4. The van der Waals surface area contributed by atoms with Crippen LogP contribution in [0.2, 0.25) is 0 Å². The van der Waals surface area contributed by atoms with Gasteiger partial charge in [0.2, 0.25) is 0 Å². The molecular weight excluding hydrogens is 450 g/mol. The Bertz CT molecular complexity index is 1690. The van der Waals surface area contributed by atoms with E-state index in [2.05, 4.69) is 15.3 Å². The van der Waals surface area contributed by atoms with E-state index in [0.717, 1.165) is 56.0 Å². The zero-order valence-electron chi connectivity index (χ0n) is 19.3. The highest BCUT2D eigenvalue weighted by atomic mass is 16.3. The minimum absolute atomic E-state index is 0.0977. The van der Waals surface area contributed by atoms with E-state index < -0.39 is 0 Å². The molecule has 0 atom stereocenters. The van der Waals surface area contributed by atoms with Crippen LogP contribution >= 0.6 is 0 Å². The van der Waals surface area contributed by atoms with Gasteiger partial charge in [-0.1, -0.05) is 12.1 Å². The number of benzene rings is 1. The van der Waals surface area contributed by atoms with Gasteiger partial charge in [-0.05, 0) is 84.5 Å². The molecule has 4 N–H and O–H groups in total. The van der Waals surface area contributed by atoms with Gasteiger partial charge in [0, 0.05) is 39.7 Å². The van der Waals surface area contributed by atoms with Gasteiger partial charge < -0.3 is 20.4 Å². The van der Waals surface area contributed by atoms with E-state index in [0.29, 0.717) is 5.56 Å². The van der Waals surface area contributed by atoms with Crippen LogP contribution in [0.25, 0.3) is 57.5 Å². The molecule has 0 fully saturated rings. The van der Waals surface area contributed by atoms with Crippen LogP contribution in [-0.2, 0) is 0 Å². The maximum atomic E-state index is 12.3. The molecule has 7 nitrogen and oxygen atoms in total. The zero-order chi connectivity index (χ0) is 24.5. The smallest absolute Gasteiger partial charge is 0.251 e. The summed E-state index contributed by atoms with van der Waals surface area (Å²) < 4.78 is 0. The van der Waals surface area contributed by atoms with E-state index in [4.69, 9.17) is 15.1 Å². The summed E-state index contributed by atoms with van der Waals surface area (Å²) in [5.41, 5.74) is 9.59. The molecule has 8 bridgehead atoms. The van der Waals surface area contributed by atoms with Crippen molar-refractivity contribution in [3.05, 3.63) is 95.1 Å². The normalized spacial score (nSPS) is 12.1. The maximum absolute atomic E-state index is 12.3. The molecule has 0 aliphatic carbocycles. The SMILES string of the molecule is O=C(NCCO)c1ccc(-c2c3nc(cc4ccc(cc5nc(cc6ccc2[nH]6)C=C5)[nH]4)C=C3)cc1. The fourth-order valence-electron chi connectivity index (χ4n) is 4.37. The second-order valence-electron chi connectivity index (χ2n) is 8.61. The number of aromatic amines is 2. The molecule has 0 saturated carbocycles. The first kappa shape index (κ1) is 21.8. The summed E-state index contributed by atoms with van der Waals surface area (Å²) in [5, 5.41) is 11.7. The van der Waals surface area contributed by atoms with Crippen LogP contribution in [0.3, 0.4) is 0 Å². The van der Waals surface area contributed by atoms with Gasteiger partial charge in [0.05, 0.1) is 29.4 Å². The quantitative estimate of drug-likeness (QED) is 0.288. The number of H-pyrrole nitrogens is 2. The van der Waals surface area contributed by atoms with Crippen LogP contribution in [0.15, 0.2) is 66.7 Å². The van der Waals surface area contributed by atoms with Crippen LogP contribution in [0.1, 0.15) is 33.1 Å². The lowest BCUT2D eigenvalue weighted by atomic mass is 10.0. The Morgan fingerprint density at radius 3 is 2.06 bits per heavy atom. The molecule has 3 aromatic heterocycles. The van der Waals surface area contributed by atoms with Gasteiger partial charge in [-0.3, -0.25) is 4.79 Å². The van der Waals surface area contributed by atoms with Crippen molar-refractivity contribution in [1.82, 2.24) is 25.3 Å². The average molecular weight is 474 g/mol. The number of fused-ring (bicyclic) bond motifs is 8. The molecule has 0 saturated heterocycles. The predicted molar refractivity (Wildman–Crippen MR) is 144 cm³/mol. The molecule has 1 aromatic carbocycles. The molecule has 0 radical (unpaired) electrons. The molecule has 176 valence electrons. The number of nitrogens with zero attached hydrogens (tertiary/aromatic N) is 2. The van der Waals surface area contributed by atoms with Gasteiger partial charge in [-0.15, -0.1) is 0 Å². The Hall–Kier alpha value is -4.75. The van der Waals surface area contributed by atoms with Gasteiger partial charge >= 0.3 is 0 Å². The van der Waals surface area contributed by atoms with Crippen molar-refractivity contribution in [2.75, 3.05) is 13.2 Å². The maximum Gasteiger partial charge on any atom is 0.251 e. The first-order valence-electron chi connectivity index (χ1n) is 11.7. The average Bonchev–Trinajstić information content (AvgIpc) is 3.69. The fourth-order valence-corrected chi connectivity index (χ4v) is 4.37. The summed E-state index contributed by atoms with van der Waals surface area (Å²) in [5.74, 6) is -0.220. The van der Waals surface area contributed by atoms with Crippen molar-refractivity contribution in [3.63, 3.8) is 0 Å². The molecule has 7 heteroatoms. The third-order valence-electron chi connectivity index (χ3n) is 6.05. The Balaban J connectivity index is 1.56. The van der Waals surface area contributed by atoms with E-state index >= 15 is 0 Å². The highest BCUT2D eigenvalue weighted by molar-refractivity contribution is 5.96. The minimum Gasteiger partial charge on any atom is -0.395 e. The molecule has 0 spiro atoms. The number of nitrogens with one attached hydrogen (secondary N) is 3. The van der Waals surface area contributed by atoms with E-state index in [1.54, 1.807) is 12.1 Å². The lowest BCUT2D eigenvalue weighted by Gasteiger charge is -2.07. The summed E-state index contributed by atoms with van der Waals surface area (Å²) in [7, 11) is 0. The molecule has 5 heterocycles. The second-order valence-corrected chi connectivity index (χ2v) is 8.61. The zero-order valence-corrected chi connectivity index (χ0v) is 19.3. The lowest BCUT2D eigenvalue weighted by molar-refractivity contribution is 0.0945. The van der Waals surface area contributed by atoms with E-state index in [1.807, 2.05) is 78.9 Å². The standard InChI is InChI=1S/C29H23N5O2/c35-14-13-30-29(36)19-3-1-18(2-4-19)28-26-11-9-24(33-26)16-22-7-5-20(31-22)15-21-6-8-23(32-21)17-25-10-12-27(28)34-25/h1-12,15-17,31,34-35H,13-14H2,(H,30,36). The molecular formula is C29H23N5O2. The number of amides is 1. The molecule has 36 heavy (non-hydrogen) atoms. The Morgan fingerprint density at radius 1 is 0.750 bits per heavy atom. The summed E-state index contributed by atoms with van der Waals surface area (Å²) >= 11 is 0. The molecule has 4 aromatic rings. The summed E-state index contributed by atoms with van der Waals surface area (Å²) in [6, 6.07) is 21.6. The van der Waals surface area contributed by atoms with Gasteiger partial charge in [-0.25, -0.2) is 9.97 Å². The summed E-state index contributed by atoms with van der Waals surface area (Å²) in [6.07, 6.45) is 8.00. The first-order chi connectivity index (χ1) is 17.6. The van der Waals surface area contributed by atoms with Crippen LogP contribution in [-0.4, -0.2) is 44.1 Å². The summed E-state index contributed by atoms with van der Waals surface area (Å²) in [4.78, 5) is 28.8. The minimum atomic E-state index is -0.220. The third-order valence-corrected chi connectivity index (χ3v) is 6.05. The molecule has 1 amide bonds. The Labute approximate surface area is 206 Å². The van der Waals surface area contributed by atoms with Gasteiger partial charge in [0.15, 0.2) is 0 Å². The number of hydrogen-bond donors (Lipinski definition) is 4. The Morgan fingerprint density at radius 2 is 1.36 bits per heavy atom. The van der Waals surface area contributed by atoms with Crippen molar-refractivity contribution < 1.29 is 9.90 Å². The number of aliphatic hydroxyl groups is 1.